The maximum Gasteiger partial charge on any atom is -0.00141 e. The van der Waals surface area contributed by atoms with Crippen molar-refractivity contribution in [3.05, 3.63) is 11.6 Å². The first kappa shape index (κ1) is 6.41. The van der Waals surface area contributed by atoms with Gasteiger partial charge in [-0.3, -0.25) is 0 Å². The van der Waals surface area contributed by atoms with Gasteiger partial charge in [0.15, 0.2) is 0 Å². The minimum Gasteiger partial charge on any atom is -0.316 e. The molecule has 1 heteroatoms. The molecule has 1 saturated heterocycles. The van der Waals surface area contributed by atoms with E-state index >= 15 is 0 Å². The summed E-state index contributed by atoms with van der Waals surface area (Å²) < 4.78 is 0. The molecule has 0 aromatic rings. The van der Waals surface area contributed by atoms with E-state index in [0.29, 0.717) is 0 Å². The minimum atomic E-state index is 0.962. The molecule has 10 heavy (non-hydrogen) atoms. The Bertz CT molecular complexity index is 160. The van der Waals surface area contributed by atoms with Crippen molar-refractivity contribution in [2.45, 2.75) is 19.8 Å². The van der Waals surface area contributed by atoms with Crippen LogP contribution in [0.1, 0.15) is 19.8 Å². The normalized spacial score (nSPS) is 39.1. The van der Waals surface area contributed by atoms with Gasteiger partial charge in [0.25, 0.3) is 0 Å². The Labute approximate surface area is 62.5 Å². The van der Waals surface area contributed by atoms with E-state index in [0.717, 1.165) is 11.8 Å². The zero-order valence-electron chi connectivity index (χ0n) is 6.56. The maximum atomic E-state index is 3.45. The van der Waals surface area contributed by atoms with Gasteiger partial charge in [0.1, 0.15) is 0 Å². The van der Waals surface area contributed by atoms with Gasteiger partial charge in [0, 0.05) is 0 Å². The van der Waals surface area contributed by atoms with Crippen molar-refractivity contribution in [3.8, 4) is 0 Å². The van der Waals surface area contributed by atoms with E-state index in [-0.39, 0.29) is 0 Å². The van der Waals surface area contributed by atoms with E-state index in [1.165, 1.54) is 25.9 Å². The van der Waals surface area contributed by atoms with Crippen LogP contribution in [0.5, 0.6) is 0 Å². The van der Waals surface area contributed by atoms with Crippen molar-refractivity contribution < 1.29 is 0 Å². The molecular formula is C9H15N. The van der Waals surface area contributed by atoms with Crippen molar-refractivity contribution in [2.24, 2.45) is 11.8 Å². The Morgan fingerprint density at radius 3 is 3.10 bits per heavy atom. The molecule has 0 spiro atoms. The lowest BCUT2D eigenvalue weighted by Gasteiger charge is -2.22. The Kier molecular flexibility index (Phi) is 1.53. The molecule has 0 bridgehead atoms. The summed E-state index contributed by atoms with van der Waals surface area (Å²) in [4.78, 5) is 0. The molecule has 0 amide bonds. The van der Waals surface area contributed by atoms with Gasteiger partial charge in [-0.05, 0) is 44.7 Å². The fourth-order valence-corrected chi connectivity index (χ4v) is 2.15. The van der Waals surface area contributed by atoms with Crippen molar-refractivity contribution in [1.82, 2.24) is 5.32 Å². The van der Waals surface area contributed by atoms with Crippen LogP contribution >= 0.6 is 0 Å². The summed E-state index contributed by atoms with van der Waals surface area (Å²) >= 11 is 0. The molecule has 0 aromatic heterocycles. The van der Waals surface area contributed by atoms with Crippen LogP contribution < -0.4 is 5.32 Å². The van der Waals surface area contributed by atoms with E-state index in [4.69, 9.17) is 0 Å². The number of fused-ring (bicyclic) bond motifs is 1. The van der Waals surface area contributed by atoms with Crippen LogP contribution in [0.2, 0.25) is 0 Å². The van der Waals surface area contributed by atoms with Gasteiger partial charge in [-0.2, -0.15) is 0 Å². The van der Waals surface area contributed by atoms with Crippen LogP contribution in [0, 0.1) is 11.8 Å². The first-order valence-electron chi connectivity index (χ1n) is 4.22. The van der Waals surface area contributed by atoms with Gasteiger partial charge in [-0.1, -0.05) is 11.6 Å². The first-order valence-corrected chi connectivity index (χ1v) is 4.22. The van der Waals surface area contributed by atoms with E-state index in [9.17, 15) is 0 Å². The van der Waals surface area contributed by atoms with E-state index in [2.05, 4.69) is 18.3 Å². The van der Waals surface area contributed by atoms with Crippen LogP contribution in [-0.4, -0.2) is 13.1 Å². The number of rotatable bonds is 0. The van der Waals surface area contributed by atoms with Crippen LogP contribution in [0.4, 0.5) is 0 Å². The predicted octanol–water partition coefficient (Wildman–Crippen LogP) is 1.56. The Balaban J connectivity index is 2.08. The Hall–Kier alpha value is -0.300. The highest BCUT2D eigenvalue weighted by Crippen LogP contribution is 2.31. The van der Waals surface area contributed by atoms with Crippen LogP contribution in [-0.2, 0) is 0 Å². The molecule has 2 rings (SSSR count). The third-order valence-corrected chi connectivity index (χ3v) is 2.83. The number of hydrogen-bond acceptors (Lipinski definition) is 1. The zero-order chi connectivity index (χ0) is 6.97. The monoisotopic (exact) mass is 137 g/mol. The Morgan fingerprint density at radius 2 is 2.20 bits per heavy atom. The zero-order valence-corrected chi connectivity index (χ0v) is 6.56. The molecule has 0 aromatic carbocycles. The maximum absolute atomic E-state index is 3.45. The molecule has 1 fully saturated rings. The second-order valence-electron chi connectivity index (χ2n) is 3.67. The van der Waals surface area contributed by atoms with Crippen LogP contribution in [0.3, 0.4) is 0 Å². The minimum absolute atomic E-state index is 0.962. The third kappa shape index (κ3) is 0.988. The first-order chi connectivity index (χ1) is 4.86. The molecule has 1 aliphatic heterocycles. The smallest absolute Gasteiger partial charge is 0.00141 e. The summed E-state index contributed by atoms with van der Waals surface area (Å²) in [6, 6.07) is 0. The van der Waals surface area contributed by atoms with Crippen molar-refractivity contribution in [1.29, 1.82) is 0 Å². The van der Waals surface area contributed by atoms with Crippen molar-refractivity contribution >= 4 is 0 Å². The van der Waals surface area contributed by atoms with Gasteiger partial charge >= 0.3 is 0 Å². The van der Waals surface area contributed by atoms with Gasteiger partial charge in [0.05, 0.1) is 0 Å². The standard InChI is InChI=1S/C9H15N/c1-7-2-3-8-5-10-6-9(8)4-7/h2,8-10H,3-6H2,1H3/t8-,9+/m1/s1. The lowest BCUT2D eigenvalue weighted by molar-refractivity contribution is 0.400. The van der Waals surface area contributed by atoms with E-state index < -0.39 is 0 Å². The second-order valence-corrected chi connectivity index (χ2v) is 3.67. The molecule has 0 radical (unpaired) electrons. The summed E-state index contributed by atoms with van der Waals surface area (Å²) in [5, 5.41) is 3.45. The topological polar surface area (TPSA) is 12.0 Å². The average Bonchev–Trinajstić information content (AvgIpc) is 2.33. The summed E-state index contributed by atoms with van der Waals surface area (Å²) in [6.45, 7) is 4.78. The highest BCUT2D eigenvalue weighted by atomic mass is 14.9. The molecule has 2 atom stereocenters. The molecular weight excluding hydrogens is 122 g/mol. The summed E-state index contributed by atoms with van der Waals surface area (Å²) in [6.07, 6.45) is 5.08. The molecule has 1 heterocycles. The van der Waals surface area contributed by atoms with E-state index in [1.807, 2.05) is 0 Å². The summed E-state index contributed by atoms with van der Waals surface area (Å²) in [5.41, 5.74) is 1.60. The quantitative estimate of drug-likeness (QED) is 0.500. The van der Waals surface area contributed by atoms with Crippen molar-refractivity contribution in [2.75, 3.05) is 13.1 Å². The van der Waals surface area contributed by atoms with Gasteiger partial charge in [-0.15, -0.1) is 0 Å². The average molecular weight is 137 g/mol. The molecule has 0 unspecified atom stereocenters. The molecule has 2 aliphatic rings. The van der Waals surface area contributed by atoms with Gasteiger partial charge < -0.3 is 5.32 Å². The predicted molar refractivity (Wildman–Crippen MR) is 42.8 cm³/mol. The largest absolute Gasteiger partial charge is 0.316 e. The summed E-state index contributed by atoms with van der Waals surface area (Å²) in [7, 11) is 0. The van der Waals surface area contributed by atoms with E-state index in [1.54, 1.807) is 5.57 Å². The highest BCUT2D eigenvalue weighted by Gasteiger charge is 2.28. The number of hydrogen-bond donors (Lipinski definition) is 1. The lowest BCUT2D eigenvalue weighted by atomic mass is 9.83. The third-order valence-electron chi connectivity index (χ3n) is 2.83. The molecule has 1 aliphatic carbocycles. The lowest BCUT2D eigenvalue weighted by Crippen LogP contribution is -2.15. The fraction of sp³-hybridized carbons (Fsp3) is 0.778. The Morgan fingerprint density at radius 1 is 1.40 bits per heavy atom. The van der Waals surface area contributed by atoms with Crippen molar-refractivity contribution in [3.63, 3.8) is 0 Å². The van der Waals surface area contributed by atoms with Crippen LogP contribution in [0.15, 0.2) is 11.6 Å². The molecule has 1 N–H and O–H groups in total. The number of nitrogens with one attached hydrogen (secondary N) is 1. The molecule has 56 valence electrons. The van der Waals surface area contributed by atoms with Gasteiger partial charge in [-0.25, -0.2) is 0 Å². The van der Waals surface area contributed by atoms with Crippen LogP contribution in [0.25, 0.3) is 0 Å². The highest BCUT2D eigenvalue weighted by molar-refractivity contribution is 5.07. The molecule has 1 nitrogen and oxygen atoms in total. The number of allylic oxidation sites excluding steroid dienone is 2. The fourth-order valence-electron chi connectivity index (χ4n) is 2.15. The SMILES string of the molecule is CC1=CC[C@@H]2CNC[C@@H]2C1. The van der Waals surface area contributed by atoms with Gasteiger partial charge in [0.2, 0.25) is 0 Å². The second kappa shape index (κ2) is 2.39. The molecule has 0 saturated carbocycles. The summed E-state index contributed by atoms with van der Waals surface area (Å²) in [5.74, 6) is 1.92.